The first-order valence-corrected chi connectivity index (χ1v) is 4.02. The summed E-state index contributed by atoms with van der Waals surface area (Å²) in [5, 5.41) is 7.58. The molecule has 0 aliphatic heterocycles. The number of rotatable bonds is 4. The highest BCUT2D eigenvalue weighted by Gasteiger charge is 2.35. The van der Waals surface area contributed by atoms with Crippen molar-refractivity contribution in [2.24, 2.45) is 0 Å². The fraction of sp³-hybridized carbons (Fsp3) is 0.833. The zero-order valence-corrected chi connectivity index (χ0v) is 7.02. The first-order chi connectivity index (χ1) is 4.63. The largest absolute Gasteiger partial charge is 0.480 e. The van der Waals surface area contributed by atoms with E-state index < -0.39 is 11.1 Å². The second-order valence-corrected chi connectivity index (χ2v) is 3.17. The maximum atomic E-state index is 10.5. The number of carbonyl (C=O) groups is 1. The molecule has 0 saturated heterocycles. The Morgan fingerprint density at radius 1 is 1.50 bits per heavy atom. The Balaban J connectivity index is 4.46. The minimum absolute atomic E-state index is 0.287. The van der Waals surface area contributed by atoms with E-state index in [1.807, 2.05) is 0 Å². The molecule has 0 rings (SSSR count). The Morgan fingerprint density at radius 3 is 1.90 bits per heavy atom. The normalized spacial score (nSPS) is 11.8. The minimum Gasteiger partial charge on any atom is -0.480 e. The summed E-state index contributed by atoms with van der Waals surface area (Å²) in [4.78, 5) is 10.5. The molecular formula is C6H11O3P. The molecule has 4 heteroatoms. The van der Waals surface area contributed by atoms with Crippen LogP contribution in [0.2, 0.25) is 0 Å². The molecular weight excluding hydrogens is 151 g/mol. The van der Waals surface area contributed by atoms with Crippen LogP contribution in [0, 0.1) is 0 Å². The molecule has 10 heavy (non-hydrogen) atoms. The Bertz CT molecular complexity index is 140. The summed E-state index contributed by atoms with van der Waals surface area (Å²) in [6.07, 6.45) is 0.813. The van der Waals surface area contributed by atoms with Crippen molar-refractivity contribution in [1.82, 2.24) is 0 Å². The van der Waals surface area contributed by atoms with E-state index in [0.717, 1.165) is 0 Å². The average molecular weight is 162 g/mol. The first-order valence-electron chi connectivity index (χ1n) is 3.21. The van der Waals surface area contributed by atoms with Crippen LogP contribution in [0.5, 0.6) is 0 Å². The quantitative estimate of drug-likeness (QED) is 0.642. The third kappa shape index (κ3) is 1.54. The summed E-state index contributed by atoms with van der Waals surface area (Å²) >= 11 is 0. The highest BCUT2D eigenvalue weighted by atomic mass is 31.1. The Labute approximate surface area is 61.6 Å². The van der Waals surface area contributed by atoms with Gasteiger partial charge in [0.25, 0.3) is 0 Å². The Morgan fingerprint density at radius 2 is 1.90 bits per heavy atom. The van der Waals surface area contributed by atoms with Crippen molar-refractivity contribution < 1.29 is 14.5 Å². The van der Waals surface area contributed by atoms with E-state index >= 15 is 0 Å². The van der Waals surface area contributed by atoms with Gasteiger partial charge in [-0.25, -0.2) is 0 Å². The first kappa shape index (κ1) is 9.57. The molecule has 3 nitrogen and oxygen atoms in total. The van der Waals surface area contributed by atoms with Gasteiger partial charge in [-0.3, -0.25) is 9.36 Å². The molecule has 58 valence electrons. The van der Waals surface area contributed by atoms with Crippen molar-refractivity contribution in [1.29, 1.82) is 0 Å². The fourth-order valence-corrected chi connectivity index (χ4v) is 1.06. The van der Waals surface area contributed by atoms with Crippen LogP contribution in [-0.4, -0.2) is 16.2 Å². The predicted octanol–water partition coefficient (Wildman–Crippen LogP) is 1.92. The molecule has 0 fully saturated rings. The third-order valence-electron chi connectivity index (χ3n) is 1.74. The number of hydrogen-bond acceptors (Lipinski definition) is 2. The van der Waals surface area contributed by atoms with Crippen molar-refractivity contribution in [3.05, 3.63) is 0 Å². The molecule has 0 radical (unpaired) electrons. The second-order valence-electron chi connectivity index (χ2n) is 2.14. The summed E-state index contributed by atoms with van der Waals surface area (Å²) in [5.74, 6) is -0.978. The molecule has 0 amide bonds. The lowest BCUT2D eigenvalue weighted by atomic mass is 10.0. The van der Waals surface area contributed by atoms with E-state index in [4.69, 9.17) is 5.11 Å². The molecule has 0 saturated carbocycles. The Hall–Kier alpha value is -0.430. The standard InChI is InChI=1S/C6H11O3P/c1-3-6(4-2,10-9)5(7)8/h3-4H2,1-2H3,(H,7,8). The number of aliphatic carboxylic acids is 1. The molecule has 0 atom stereocenters. The van der Waals surface area contributed by atoms with Crippen molar-refractivity contribution in [3.8, 4) is 0 Å². The summed E-state index contributed by atoms with van der Waals surface area (Å²) in [5.41, 5.74) is 0. The molecule has 0 heterocycles. The number of carboxylic acids is 1. The fourth-order valence-electron chi connectivity index (χ4n) is 0.721. The van der Waals surface area contributed by atoms with Crippen LogP contribution in [0.1, 0.15) is 26.7 Å². The van der Waals surface area contributed by atoms with E-state index in [0.29, 0.717) is 12.8 Å². The van der Waals surface area contributed by atoms with Crippen LogP contribution in [0.15, 0.2) is 0 Å². The van der Waals surface area contributed by atoms with Gasteiger partial charge in [-0.2, -0.15) is 0 Å². The van der Waals surface area contributed by atoms with Gasteiger partial charge in [0.15, 0.2) is 8.46 Å². The summed E-state index contributed by atoms with van der Waals surface area (Å²) in [6.45, 7) is 3.45. The van der Waals surface area contributed by atoms with Gasteiger partial charge < -0.3 is 5.11 Å². The Kier molecular flexibility index (Phi) is 3.51. The maximum absolute atomic E-state index is 10.5. The minimum atomic E-state index is -1.04. The van der Waals surface area contributed by atoms with Gasteiger partial charge in [0, 0.05) is 0 Å². The van der Waals surface area contributed by atoms with E-state index in [2.05, 4.69) is 0 Å². The van der Waals surface area contributed by atoms with E-state index in [-0.39, 0.29) is 8.46 Å². The highest BCUT2D eigenvalue weighted by molar-refractivity contribution is 7.27. The average Bonchev–Trinajstić information content (AvgIpc) is 1.92. The van der Waals surface area contributed by atoms with Crippen LogP contribution in [0.25, 0.3) is 0 Å². The van der Waals surface area contributed by atoms with Crippen molar-refractivity contribution in [2.75, 3.05) is 0 Å². The van der Waals surface area contributed by atoms with Crippen molar-refractivity contribution >= 4 is 14.4 Å². The highest BCUT2D eigenvalue weighted by Crippen LogP contribution is 2.30. The molecule has 0 spiro atoms. The van der Waals surface area contributed by atoms with Crippen molar-refractivity contribution in [2.45, 2.75) is 31.8 Å². The smallest absolute Gasteiger partial charge is 0.321 e. The van der Waals surface area contributed by atoms with E-state index in [9.17, 15) is 9.36 Å². The molecule has 0 unspecified atom stereocenters. The van der Waals surface area contributed by atoms with Gasteiger partial charge >= 0.3 is 5.97 Å². The topological polar surface area (TPSA) is 54.4 Å². The molecule has 1 N–H and O–H groups in total. The van der Waals surface area contributed by atoms with Crippen LogP contribution in [0.3, 0.4) is 0 Å². The zero-order valence-electron chi connectivity index (χ0n) is 6.13. The van der Waals surface area contributed by atoms with Gasteiger partial charge in [-0.1, -0.05) is 13.8 Å². The third-order valence-corrected chi connectivity index (χ3v) is 2.92. The van der Waals surface area contributed by atoms with E-state index in [1.165, 1.54) is 0 Å². The van der Waals surface area contributed by atoms with Gasteiger partial charge in [0.2, 0.25) is 0 Å². The lowest BCUT2D eigenvalue weighted by molar-refractivity contribution is -0.140. The van der Waals surface area contributed by atoms with Crippen LogP contribution in [0.4, 0.5) is 0 Å². The maximum Gasteiger partial charge on any atom is 0.321 e. The SMILES string of the molecule is CCC(CC)(P=O)C(=O)O. The molecule has 0 aromatic heterocycles. The van der Waals surface area contributed by atoms with E-state index in [1.54, 1.807) is 13.8 Å². The lowest BCUT2D eigenvalue weighted by Gasteiger charge is -2.16. The molecule has 0 aliphatic rings. The van der Waals surface area contributed by atoms with Gasteiger partial charge in [0.05, 0.1) is 0 Å². The molecule has 0 aliphatic carbocycles. The summed E-state index contributed by atoms with van der Waals surface area (Å²) in [7, 11) is -0.287. The summed E-state index contributed by atoms with van der Waals surface area (Å²) < 4.78 is 10.4. The van der Waals surface area contributed by atoms with Gasteiger partial charge in [-0.05, 0) is 12.8 Å². The van der Waals surface area contributed by atoms with Gasteiger partial charge in [-0.15, -0.1) is 0 Å². The predicted molar refractivity (Wildman–Crippen MR) is 38.6 cm³/mol. The monoisotopic (exact) mass is 162 g/mol. The molecule has 0 aromatic carbocycles. The number of hydrogen-bond donors (Lipinski definition) is 1. The molecule has 0 aromatic rings. The van der Waals surface area contributed by atoms with Crippen LogP contribution >= 0.6 is 8.46 Å². The molecule has 0 bridgehead atoms. The van der Waals surface area contributed by atoms with Gasteiger partial charge in [0.1, 0.15) is 5.16 Å². The lowest BCUT2D eigenvalue weighted by Crippen LogP contribution is -2.30. The summed E-state index contributed by atoms with van der Waals surface area (Å²) in [6, 6.07) is 0. The van der Waals surface area contributed by atoms with Crippen LogP contribution in [-0.2, 0) is 9.36 Å². The second kappa shape index (κ2) is 3.67. The van der Waals surface area contributed by atoms with Crippen LogP contribution < -0.4 is 0 Å². The number of carboxylic acid groups (broad SMARTS) is 1. The van der Waals surface area contributed by atoms with Crippen molar-refractivity contribution in [3.63, 3.8) is 0 Å². The zero-order chi connectivity index (χ0) is 8.20.